The van der Waals surface area contributed by atoms with Crippen molar-refractivity contribution in [3.63, 3.8) is 0 Å². The fraction of sp³-hybridized carbons (Fsp3) is 0.917. The highest BCUT2D eigenvalue weighted by Gasteiger charge is 2.30. The van der Waals surface area contributed by atoms with E-state index < -0.39 is 0 Å². The second-order valence-corrected chi connectivity index (χ2v) is 5.11. The third-order valence-electron chi connectivity index (χ3n) is 3.57. The summed E-state index contributed by atoms with van der Waals surface area (Å²) >= 11 is 0. The molecule has 2 unspecified atom stereocenters. The summed E-state index contributed by atoms with van der Waals surface area (Å²) in [6, 6.07) is 0.487. The fourth-order valence-electron chi connectivity index (χ4n) is 2.61. The van der Waals surface area contributed by atoms with Crippen LogP contribution in [0.2, 0.25) is 0 Å². The molecule has 5 nitrogen and oxygen atoms in total. The summed E-state index contributed by atoms with van der Waals surface area (Å²) in [5.74, 6) is 0.204. The van der Waals surface area contributed by atoms with Crippen molar-refractivity contribution in [3.8, 4) is 0 Å². The highest BCUT2D eigenvalue weighted by molar-refractivity contribution is 5.85. The number of nitrogens with zero attached hydrogens (tertiary/aromatic N) is 2. The lowest BCUT2D eigenvalue weighted by Gasteiger charge is -2.32. The van der Waals surface area contributed by atoms with Gasteiger partial charge in [-0.1, -0.05) is 0 Å². The zero-order chi connectivity index (χ0) is 12.3. The summed E-state index contributed by atoms with van der Waals surface area (Å²) in [7, 11) is 0. The maximum Gasteiger partial charge on any atom is 0.224 e. The summed E-state index contributed by atoms with van der Waals surface area (Å²) in [6.07, 6.45) is 1.56. The molecular formula is C12H25Cl2N3O2. The second kappa shape index (κ2) is 8.97. The average Bonchev–Trinajstić information content (AvgIpc) is 2.78. The van der Waals surface area contributed by atoms with E-state index in [9.17, 15) is 4.79 Å². The Kier molecular flexibility index (Phi) is 8.94. The molecule has 2 aliphatic rings. The van der Waals surface area contributed by atoms with Crippen LogP contribution in [0, 0.1) is 0 Å². The standard InChI is InChI=1S/C12H23N3O2.2ClH/c1-10(13)8-12(16)15-3-2-11(9-15)14-4-6-17-7-5-14;;/h10-11H,2-9,13H2,1H3;2*1H. The molecule has 2 rings (SSSR count). The van der Waals surface area contributed by atoms with Crippen molar-refractivity contribution in [2.24, 2.45) is 5.73 Å². The Hall–Kier alpha value is -0.0700. The number of ether oxygens (including phenoxy) is 1. The maximum absolute atomic E-state index is 11.9. The predicted octanol–water partition coefficient (Wildman–Crippen LogP) is 0.500. The van der Waals surface area contributed by atoms with Crippen LogP contribution >= 0.6 is 24.8 Å². The quantitative estimate of drug-likeness (QED) is 0.824. The number of hydrogen-bond acceptors (Lipinski definition) is 4. The Morgan fingerprint density at radius 1 is 1.32 bits per heavy atom. The van der Waals surface area contributed by atoms with Crippen LogP contribution in [0.1, 0.15) is 19.8 Å². The van der Waals surface area contributed by atoms with Gasteiger partial charge in [0.2, 0.25) is 5.91 Å². The van der Waals surface area contributed by atoms with Crippen molar-refractivity contribution in [1.82, 2.24) is 9.80 Å². The van der Waals surface area contributed by atoms with E-state index in [1.165, 1.54) is 0 Å². The van der Waals surface area contributed by atoms with E-state index in [0.29, 0.717) is 12.5 Å². The van der Waals surface area contributed by atoms with Crippen molar-refractivity contribution in [3.05, 3.63) is 0 Å². The molecule has 0 aromatic rings. The van der Waals surface area contributed by atoms with E-state index in [-0.39, 0.29) is 36.8 Å². The third-order valence-corrected chi connectivity index (χ3v) is 3.57. The third kappa shape index (κ3) is 5.44. The van der Waals surface area contributed by atoms with Crippen LogP contribution in [0.3, 0.4) is 0 Å². The van der Waals surface area contributed by atoms with E-state index in [1.54, 1.807) is 0 Å². The van der Waals surface area contributed by atoms with Crippen LogP contribution in [0.5, 0.6) is 0 Å². The molecule has 0 aromatic heterocycles. The number of likely N-dealkylation sites (tertiary alicyclic amines) is 1. The molecule has 2 saturated heterocycles. The van der Waals surface area contributed by atoms with Gasteiger partial charge in [0, 0.05) is 44.7 Å². The number of morpholine rings is 1. The number of carbonyl (C=O) groups is 1. The first-order valence-corrected chi connectivity index (χ1v) is 6.52. The molecule has 114 valence electrons. The summed E-state index contributed by atoms with van der Waals surface area (Å²) < 4.78 is 5.35. The Morgan fingerprint density at radius 2 is 1.95 bits per heavy atom. The summed E-state index contributed by atoms with van der Waals surface area (Å²) in [6.45, 7) is 7.28. The SMILES string of the molecule is CC(N)CC(=O)N1CCC(N2CCOCC2)C1.Cl.Cl. The van der Waals surface area contributed by atoms with E-state index in [0.717, 1.165) is 45.8 Å². The van der Waals surface area contributed by atoms with Crippen LogP contribution in [0.25, 0.3) is 0 Å². The van der Waals surface area contributed by atoms with Crippen LogP contribution in [0.15, 0.2) is 0 Å². The first-order valence-electron chi connectivity index (χ1n) is 6.52. The lowest BCUT2D eigenvalue weighted by Crippen LogP contribution is -2.45. The molecule has 2 heterocycles. The monoisotopic (exact) mass is 313 g/mol. The highest BCUT2D eigenvalue weighted by atomic mass is 35.5. The average molecular weight is 314 g/mol. The van der Waals surface area contributed by atoms with Gasteiger partial charge in [-0.3, -0.25) is 9.69 Å². The van der Waals surface area contributed by atoms with Gasteiger partial charge in [0.15, 0.2) is 0 Å². The van der Waals surface area contributed by atoms with E-state index in [4.69, 9.17) is 10.5 Å². The molecule has 7 heteroatoms. The number of carbonyl (C=O) groups excluding carboxylic acids is 1. The van der Waals surface area contributed by atoms with E-state index in [2.05, 4.69) is 4.90 Å². The molecule has 0 aromatic carbocycles. The Labute approximate surface area is 127 Å². The summed E-state index contributed by atoms with van der Waals surface area (Å²) in [4.78, 5) is 16.3. The minimum absolute atomic E-state index is 0. The molecule has 2 fully saturated rings. The zero-order valence-corrected chi connectivity index (χ0v) is 13.0. The molecule has 2 aliphatic heterocycles. The normalized spacial score (nSPS) is 25.4. The van der Waals surface area contributed by atoms with Gasteiger partial charge < -0.3 is 15.4 Å². The van der Waals surface area contributed by atoms with Crippen LogP contribution in [0.4, 0.5) is 0 Å². The minimum Gasteiger partial charge on any atom is -0.379 e. The largest absolute Gasteiger partial charge is 0.379 e. The molecular weight excluding hydrogens is 289 g/mol. The zero-order valence-electron chi connectivity index (χ0n) is 11.4. The molecule has 0 spiro atoms. The van der Waals surface area contributed by atoms with Crippen LogP contribution in [-0.4, -0.2) is 67.2 Å². The van der Waals surface area contributed by atoms with Gasteiger partial charge in [-0.05, 0) is 13.3 Å². The summed E-state index contributed by atoms with van der Waals surface area (Å²) in [5, 5.41) is 0. The van der Waals surface area contributed by atoms with Crippen molar-refractivity contribution < 1.29 is 9.53 Å². The lowest BCUT2D eigenvalue weighted by atomic mass is 10.2. The van der Waals surface area contributed by atoms with E-state index >= 15 is 0 Å². The molecule has 0 radical (unpaired) electrons. The van der Waals surface area contributed by atoms with Gasteiger partial charge in [-0.2, -0.15) is 0 Å². The number of rotatable bonds is 3. The lowest BCUT2D eigenvalue weighted by molar-refractivity contribution is -0.130. The fourth-order valence-corrected chi connectivity index (χ4v) is 2.61. The van der Waals surface area contributed by atoms with Crippen molar-refractivity contribution in [2.75, 3.05) is 39.4 Å². The molecule has 2 N–H and O–H groups in total. The van der Waals surface area contributed by atoms with Gasteiger partial charge in [-0.15, -0.1) is 24.8 Å². The number of amides is 1. The molecule has 2 atom stereocenters. The van der Waals surface area contributed by atoms with Crippen molar-refractivity contribution in [2.45, 2.75) is 31.8 Å². The number of nitrogens with two attached hydrogens (primary N) is 1. The van der Waals surface area contributed by atoms with Gasteiger partial charge in [-0.25, -0.2) is 0 Å². The van der Waals surface area contributed by atoms with Crippen molar-refractivity contribution in [1.29, 1.82) is 0 Å². The smallest absolute Gasteiger partial charge is 0.224 e. The summed E-state index contributed by atoms with van der Waals surface area (Å²) in [5.41, 5.74) is 5.66. The Bertz CT molecular complexity index is 274. The molecule has 1 amide bonds. The topological polar surface area (TPSA) is 58.8 Å². The first kappa shape index (κ1) is 18.9. The number of halogens is 2. The van der Waals surface area contributed by atoms with Gasteiger partial charge >= 0.3 is 0 Å². The van der Waals surface area contributed by atoms with Gasteiger partial charge in [0.1, 0.15) is 0 Å². The maximum atomic E-state index is 11.9. The van der Waals surface area contributed by atoms with Gasteiger partial charge in [0.25, 0.3) is 0 Å². The number of hydrogen-bond donors (Lipinski definition) is 1. The van der Waals surface area contributed by atoms with Crippen LogP contribution in [-0.2, 0) is 9.53 Å². The second-order valence-electron chi connectivity index (χ2n) is 5.11. The molecule has 0 aliphatic carbocycles. The van der Waals surface area contributed by atoms with E-state index in [1.807, 2.05) is 11.8 Å². The van der Waals surface area contributed by atoms with Crippen LogP contribution < -0.4 is 5.73 Å². The first-order chi connectivity index (χ1) is 8.16. The minimum atomic E-state index is -0.0371. The Balaban J connectivity index is 0.00000162. The molecule has 0 saturated carbocycles. The molecule has 19 heavy (non-hydrogen) atoms. The predicted molar refractivity (Wildman–Crippen MR) is 80.1 cm³/mol. The molecule has 0 bridgehead atoms. The van der Waals surface area contributed by atoms with Gasteiger partial charge in [0.05, 0.1) is 13.2 Å². The Morgan fingerprint density at radius 3 is 2.53 bits per heavy atom. The highest BCUT2D eigenvalue weighted by Crippen LogP contribution is 2.17. The van der Waals surface area contributed by atoms with Crippen molar-refractivity contribution >= 4 is 30.7 Å².